The van der Waals surface area contributed by atoms with Crippen molar-refractivity contribution >= 4 is 11.6 Å². The number of halogens is 1. The molecule has 13 heavy (non-hydrogen) atoms. The number of anilines is 1. The van der Waals surface area contributed by atoms with Crippen molar-refractivity contribution in [3.05, 3.63) is 29.1 Å². The van der Waals surface area contributed by atoms with E-state index in [-0.39, 0.29) is 11.3 Å². The third kappa shape index (κ3) is 1.42. The number of hydrogen-bond donors (Lipinski definition) is 2. The number of primary amides is 1. The van der Waals surface area contributed by atoms with Crippen LogP contribution in [-0.2, 0) is 0 Å². The SMILES string of the molecule is N#Cc1ccc(N)c(C(N)=O)c1F. The molecule has 0 heterocycles. The summed E-state index contributed by atoms with van der Waals surface area (Å²) in [6.45, 7) is 0. The van der Waals surface area contributed by atoms with E-state index in [0.29, 0.717) is 0 Å². The fourth-order valence-corrected chi connectivity index (χ4v) is 0.928. The molecule has 0 bridgehead atoms. The molecular weight excluding hydrogens is 173 g/mol. The van der Waals surface area contributed by atoms with Crippen molar-refractivity contribution < 1.29 is 9.18 Å². The molecule has 0 spiro atoms. The Kier molecular flexibility index (Phi) is 2.15. The smallest absolute Gasteiger partial charge is 0.253 e. The molecule has 0 aliphatic heterocycles. The van der Waals surface area contributed by atoms with Crippen LogP contribution in [0, 0.1) is 17.1 Å². The highest BCUT2D eigenvalue weighted by Gasteiger charge is 2.15. The van der Waals surface area contributed by atoms with Gasteiger partial charge < -0.3 is 11.5 Å². The molecular formula is C8H6FN3O. The summed E-state index contributed by atoms with van der Waals surface area (Å²) in [4.78, 5) is 10.7. The standard InChI is InChI=1S/C8H6FN3O/c9-7-4(3-10)1-2-5(11)6(7)8(12)13/h1-2H,11H2,(H2,12,13). The van der Waals surface area contributed by atoms with Crippen molar-refractivity contribution in [2.75, 3.05) is 5.73 Å². The number of hydrogen-bond acceptors (Lipinski definition) is 3. The first-order valence-corrected chi connectivity index (χ1v) is 3.35. The van der Waals surface area contributed by atoms with Gasteiger partial charge in [-0.1, -0.05) is 0 Å². The van der Waals surface area contributed by atoms with Crippen LogP contribution in [0.3, 0.4) is 0 Å². The minimum atomic E-state index is -0.980. The monoisotopic (exact) mass is 179 g/mol. The normalized spacial score (nSPS) is 9.23. The highest BCUT2D eigenvalue weighted by atomic mass is 19.1. The molecule has 0 unspecified atom stereocenters. The summed E-state index contributed by atoms with van der Waals surface area (Å²) in [6, 6.07) is 4.04. The maximum Gasteiger partial charge on any atom is 0.253 e. The number of nitrogens with two attached hydrogens (primary N) is 2. The van der Waals surface area contributed by atoms with Gasteiger partial charge in [-0.25, -0.2) is 4.39 Å². The van der Waals surface area contributed by atoms with E-state index in [1.807, 2.05) is 0 Å². The maximum absolute atomic E-state index is 13.2. The second kappa shape index (κ2) is 3.11. The van der Waals surface area contributed by atoms with E-state index in [1.54, 1.807) is 6.07 Å². The van der Waals surface area contributed by atoms with Gasteiger partial charge in [-0.15, -0.1) is 0 Å². The predicted octanol–water partition coefficient (Wildman–Crippen LogP) is 0.378. The van der Waals surface area contributed by atoms with E-state index in [4.69, 9.17) is 16.7 Å². The second-order valence-corrected chi connectivity index (χ2v) is 2.37. The number of benzene rings is 1. The summed E-state index contributed by atoms with van der Waals surface area (Å²) < 4.78 is 13.2. The predicted molar refractivity (Wildman–Crippen MR) is 44.0 cm³/mol. The summed E-state index contributed by atoms with van der Waals surface area (Å²) in [5.41, 5.74) is 9.42. The van der Waals surface area contributed by atoms with Crippen molar-refractivity contribution in [3.8, 4) is 6.07 Å². The van der Waals surface area contributed by atoms with Crippen LogP contribution >= 0.6 is 0 Å². The molecule has 4 nitrogen and oxygen atoms in total. The van der Waals surface area contributed by atoms with E-state index in [9.17, 15) is 9.18 Å². The number of amides is 1. The van der Waals surface area contributed by atoms with Gasteiger partial charge in [0.05, 0.1) is 11.1 Å². The van der Waals surface area contributed by atoms with Crippen molar-refractivity contribution in [1.82, 2.24) is 0 Å². The first kappa shape index (κ1) is 9.00. The van der Waals surface area contributed by atoms with Crippen molar-refractivity contribution in [2.45, 2.75) is 0 Å². The third-order valence-corrected chi connectivity index (χ3v) is 1.54. The first-order valence-electron chi connectivity index (χ1n) is 3.35. The Morgan fingerprint density at radius 1 is 1.54 bits per heavy atom. The Bertz CT molecular complexity index is 409. The van der Waals surface area contributed by atoms with Crippen molar-refractivity contribution in [2.24, 2.45) is 5.73 Å². The number of nitrogen functional groups attached to an aromatic ring is 1. The molecule has 66 valence electrons. The molecule has 0 fully saturated rings. The summed E-state index contributed by atoms with van der Waals surface area (Å²) in [6.07, 6.45) is 0. The van der Waals surface area contributed by atoms with E-state index < -0.39 is 17.3 Å². The van der Waals surface area contributed by atoms with Gasteiger partial charge in [0, 0.05) is 5.69 Å². The molecule has 5 heteroatoms. The Morgan fingerprint density at radius 3 is 2.62 bits per heavy atom. The third-order valence-electron chi connectivity index (χ3n) is 1.54. The molecule has 0 saturated heterocycles. The summed E-state index contributed by atoms with van der Waals surface area (Å²) in [5, 5.41) is 8.43. The van der Waals surface area contributed by atoms with E-state index in [0.717, 1.165) is 0 Å². The highest BCUT2D eigenvalue weighted by Crippen LogP contribution is 2.18. The van der Waals surface area contributed by atoms with Crippen LogP contribution in [0.2, 0.25) is 0 Å². The summed E-state index contributed by atoms with van der Waals surface area (Å²) >= 11 is 0. The van der Waals surface area contributed by atoms with E-state index in [2.05, 4.69) is 0 Å². The molecule has 0 aliphatic rings. The average molecular weight is 179 g/mol. The Labute approximate surface area is 73.6 Å². The van der Waals surface area contributed by atoms with E-state index in [1.165, 1.54) is 12.1 Å². The van der Waals surface area contributed by atoms with Gasteiger partial charge in [0.2, 0.25) is 0 Å². The summed E-state index contributed by atoms with van der Waals surface area (Å²) in [5.74, 6) is -1.94. The molecule has 0 aliphatic carbocycles. The van der Waals surface area contributed by atoms with Crippen molar-refractivity contribution in [1.29, 1.82) is 5.26 Å². The fraction of sp³-hybridized carbons (Fsp3) is 0. The Morgan fingerprint density at radius 2 is 2.15 bits per heavy atom. The van der Waals surface area contributed by atoms with E-state index >= 15 is 0 Å². The molecule has 1 rings (SSSR count). The molecule has 4 N–H and O–H groups in total. The van der Waals surface area contributed by atoms with Gasteiger partial charge in [-0.05, 0) is 12.1 Å². The molecule has 0 radical (unpaired) electrons. The van der Waals surface area contributed by atoms with Crippen molar-refractivity contribution in [3.63, 3.8) is 0 Å². The lowest BCUT2D eigenvalue weighted by molar-refractivity contribution is 0.0997. The van der Waals surface area contributed by atoms with Gasteiger partial charge in [-0.3, -0.25) is 4.79 Å². The fourth-order valence-electron chi connectivity index (χ4n) is 0.928. The van der Waals surface area contributed by atoms with Crippen LogP contribution in [0.5, 0.6) is 0 Å². The zero-order valence-electron chi connectivity index (χ0n) is 6.54. The minimum absolute atomic E-state index is 0.0657. The van der Waals surface area contributed by atoms with Crippen LogP contribution in [0.4, 0.5) is 10.1 Å². The van der Waals surface area contributed by atoms with Crippen LogP contribution < -0.4 is 11.5 Å². The molecule has 1 aromatic rings. The minimum Gasteiger partial charge on any atom is -0.398 e. The van der Waals surface area contributed by atoms with Gasteiger partial charge in [-0.2, -0.15) is 5.26 Å². The van der Waals surface area contributed by atoms with Crippen LogP contribution in [0.15, 0.2) is 12.1 Å². The first-order chi connectivity index (χ1) is 6.07. The largest absolute Gasteiger partial charge is 0.398 e. The van der Waals surface area contributed by atoms with Crippen LogP contribution in [0.1, 0.15) is 15.9 Å². The van der Waals surface area contributed by atoms with Gasteiger partial charge in [0.25, 0.3) is 5.91 Å². The maximum atomic E-state index is 13.2. The lowest BCUT2D eigenvalue weighted by atomic mass is 10.1. The molecule has 1 aromatic carbocycles. The zero-order valence-corrected chi connectivity index (χ0v) is 6.54. The number of carbonyl (C=O) groups excluding carboxylic acids is 1. The van der Waals surface area contributed by atoms with Gasteiger partial charge in [0.15, 0.2) is 5.82 Å². The molecule has 0 aromatic heterocycles. The topological polar surface area (TPSA) is 92.9 Å². The van der Waals surface area contributed by atoms with Crippen LogP contribution in [-0.4, -0.2) is 5.91 Å². The quantitative estimate of drug-likeness (QED) is 0.610. The average Bonchev–Trinajstić information content (AvgIpc) is 2.04. The Hall–Kier alpha value is -2.09. The Balaban J connectivity index is 3.50. The van der Waals surface area contributed by atoms with Gasteiger partial charge >= 0.3 is 0 Å². The second-order valence-electron chi connectivity index (χ2n) is 2.37. The highest BCUT2D eigenvalue weighted by molar-refractivity contribution is 5.98. The van der Waals surface area contributed by atoms with Gasteiger partial charge in [0.1, 0.15) is 6.07 Å². The zero-order chi connectivity index (χ0) is 10.0. The lowest BCUT2D eigenvalue weighted by Gasteiger charge is -2.03. The molecule has 1 amide bonds. The number of carbonyl (C=O) groups is 1. The number of nitrogens with zero attached hydrogens (tertiary/aromatic N) is 1. The number of rotatable bonds is 1. The molecule has 0 atom stereocenters. The number of nitriles is 1. The molecule has 0 saturated carbocycles. The lowest BCUT2D eigenvalue weighted by Crippen LogP contribution is -2.16. The summed E-state index contributed by atoms with van der Waals surface area (Å²) in [7, 11) is 0. The van der Waals surface area contributed by atoms with Crippen LogP contribution in [0.25, 0.3) is 0 Å².